The molecule has 100 valence electrons. The Morgan fingerprint density at radius 3 is 2.61 bits per heavy atom. The van der Waals surface area contributed by atoms with E-state index < -0.39 is 0 Å². The molecule has 0 aliphatic heterocycles. The summed E-state index contributed by atoms with van der Waals surface area (Å²) >= 11 is 12.5. The Morgan fingerprint density at radius 2 is 2.11 bits per heavy atom. The van der Waals surface area contributed by atoms with Crippen molar-refractivity contribution in [3.05, 3.63) is 33.8 Å². The van der Waals surface area contributed by atoms with Crippen LogP contribution in [0.3, 0.4) is 0 Å². The van der Waals surface area contributed by atoms with Crippen LogP contribution >= 0.6 is 23.2 Å². The van der Waals surface area contributed by atoms with E-state index in [-0.39, 0.29) is 11.6 Å². The molecule has 4 heteroatoms. The average Bonchev–Trinajstić information content (AvgIpc) is 2.31. The molecule has 1 aliphatic carbocycles. The summed E-state index contributed by atoms with van der Waals surface area (Å²) in [6, 6.07) is 5.89. The highest BCUT2D eigenvalue weighted by atomic mass is 35.5. The SMILES string of the molecule is CCNC(c1cccc(Cl)c1Cl)C1(OC)CCC1. The zero-order valence-electron chi connectivity index (χ0n) is 10.8. The Hall–Kier alpha value is -0.280. The predicted octanol–water partition coefficient (Wildman–Crippen LogP) is 4.21. The maximum atomic E-state index is 6.34. The molecule has 1 aromatic carbocycles. The molecule has 18 heavy (non-hydrogen) atoms. The maximum Gasteiger partial charge on any atom is 0.0873 e. The van der Waals surface area contributed by atoms with Crippen LogP contribution < -0.4 is 5.32 Å². The van der Waals surface area contributed by atoms with Crippen molar-refractivity contribution in [2.75, 3.05) is 13.7 Å². The fraction of sp³-hybridized carbons (Fsp3) is 0.571. The van der Waals surface area contributed by atoms with E-state index in [1.54, 1.807) is 7.11 Å². The number of likely N-dealkylation sites (N-methyl/N-ethyl adjacent to an activating group) is 1. The van der Waals surface area contributed by atoms with Crippen LogP contribution in [0.1, 0.15) is 37.8 Å². The van der Waals surface area contributed by atoms with Gasteiger partial charge in [-0.25, -0.2) is 0 Å². The fourth-order valence-corrected chi connectivity index (χ4v) is 3.08. The summed E-state index contributed by atoms with van der Waals surface area (Å²) < 4.78 is 5.77. The lowest BCUT2D eigenvalue weighted by molar-refractivity contribution is -0.0994. The monoisotopic (exact) mass is 287 g/mol. The normalized spacial score (nSPS) is 19.3. The third kappa shape index (κ3) is 2.39. The Bertz CT molecular complexity index is 413. The molecule has 0 radical (unpaired) electrons. The van der Waals surface area contributed by atoms with Crippen molar-refractivity contribution < 1.29 is 4.74 Å². The zero-order chi connectivity index (χ0) is 13.2. The highest BCUT2D eigenvalue weighted by Gasteiger charge is 2.45. The molecule has 1 aromatic rings. The van der Waals surface area contributed by atoms with Crippen molar-refractivity contribution >= 4 is 23.2 Å². The number of methoxy groups -OCH3 is 1. The van der Waals surface area contributed by atoms with E-state index >= 15 is 0 Å². The highest BCUT2D eigenvalue weighted by molar-refractivity contribution is 6.42. The number of ether oxygens (including phenoxy) is 1. The summed E-state index contributed by atoms with van der Waals surface area (Å²) in [5.41, 5.74) is 0.900. The van der Waals surface area contributed by atoms with Gasteiger partial charge in [0.2, 0.25) is 0 Å². The number of benzene rings is 1. The Kier molecular flexibility index (Phi) is 4.54. The van der Waals surface area contributed by atoms with Gasteiger partial charge in [-0.2, -0.15) is 0 Å². The Labute approximate surface area is 119 Å². The summed E-state index contributed by atoms with van der Waals surface area (Å²) in [4.78, 5) is 0. The van der Waals surface area contributed by atoms with Gasteiger partial charge in [0.15, 0.2) is 0 Å². The standard InChI is InChI=1S/C14H19Cl2NO/c1-3-17-13(14(18-2)8-5-9-14)10-6-4-7-11(15)12(10)16/h4,6-7,13,17H,3,5,8-9H2,1-2H3. The number of rotatable bonds is 5. The van der Waals surface area contributed by atoms with Gasteiger partial charge in [-0.15, -0.1) is 0 Å². The van der Waals surface area contributed by atoms with Crippen molar-refractivity contribution in [2.45, 2.75) is 37.8 Å². The van der Waals surface area contributed by atoms with Gasteiger partial charge in [-0.05, 0) is 37.4 Å². The van der Waals surface area contributed by atoms with Crippen LogP contribution in [0.2, 0.25) is 10.0 Å². The minimum atomic E-state index is -0.135. The van der Waals surface area contributed by atoms with Crippen LogP contribution in [0.15, 0.2) is 18.2 Å². The van der Waals surface area contributed by atoms with Crippen LogP contribution in [0.5, 0.6) is 0 Å². The molecule has 1 atom stereocenters. The molecule has 2 nitrogen and oxygen atoms in total. The quantitative estimate of drug-likeness (QED) is 0.876. The average molecular weight is 288 g/mol. The topological polar surface area (TPSA) is 21.3 Å². The van der Waals surface area contributed by atoms with Gasteiger partial charge in [-0.1, -0.05) is 42.3 Å². The summed E-state index contributed by atoms with van der Waals surface area (Å²) in [5.74, 6) is 0. The maximum absolute atomic E-state index is 6.34. The third-order valence-corrected chi connectivity index (χ3v) is 4.67. The first kappa shape index (κ1) is 14.1. The summed E-state index contributed by atoms with van der Waals surface area (Å²) in [6.07, 6.45) is 3.32. The summed E-state index contributed by atoms with van der Waals surface area (Å²) in [5, 5.41) is 4.73. The Balaban J connectivity index is 2.38. The number of halogens is 2. The first-order valence-corrected chi connectivity index (χ1v) is 7.12. The second kappa shape index (κ2) is 5.79. The molecule has 1 aliphatic rings. The lowest BCUT2D eigenvalue weighted by Gasteiger charge is -2.47. The van der Waals surface area contributed by atoms with E-state index in [4.69, 9.17) is 27.9 Å². The van der Waals surface area contributed by atoms with Gasteiger partial charge in [0.25, 0.3) is 0 Å². The predicted molar refractivity (Wildman–Crippen MR) is 76.5 cm³/mol. The Morgan fingerprint density at radius 1 is 1.39 bits per heavy atom. The van der Waals surface area contributed by atoms with E-state index in [9.17, 15) is 0 Å². The van der Waals surface area contributed by atoms with Gasteiger partial charge in [0.05, 0.1) is 21.7 Å². The van der Waals surface area contributed by atoms with Gasteiger partial charge in [0, 0.05) is 7.11 Å². The minimum absolute atomic E-state index is 0.104. The fourth-order valence-electron chi connectivity index (χ4n) is 2.66. The van der Waals surface area contributed by atoms with Gasteiger partial charge >= 0.3 is 0 Å². The lowest BCUT2D eigenvalue weighted by Crippen LogP contribution is -2.50. The smallest absolute Gasteiger partial charge is 0.0873 e. The summed E-state index contributed by atoms with van der Waals surface area (Å²) in [6.45, 7) is 2.96. The molecule has 0 bridgehead atoms. The molecule has 1 saturated carbocycles. The molecular weight excluding hydrogens is 269 g/mol. The van der Waals surface area contributed by atoms with E-state index in [1.165, 1.54) is 6.42 Å². The lowest BCUT2D eigenvalue weighted by atomic mass is 9.72. The molecule has 1 unspecified atom stereocenters. The van der Waals surface area contributed by atoms with Crippen molar-refractivity contribution in [3.8, 4) is 0 Å². The van der Waals surface area contributed by atoms with Crippen molar-refractivity contribution in [1.82, 2.24) is 5.32 Å². The van der Waals surface area contributed by atoms with Crippen LogP contribution in [-0.4, -0.2) is 19.3 Å². The molecular formula is C14H19Cl2NO. The number of hydrogen-bond acceptors (Lipinski definition) is 2. The number of nitrogens with one attached hydrogen (secondary N) is 1. The zero-order valence-corrected chi connectivity index (χ0v) is 12.3. The van der Waals surface area contributed by atoms with E-state index in [0.717, 1.165) is 24.9 Å². The second-order valence-electron chi connectivity index (χ2n) is 4.76. The second-order valence-corrected chi connectivity index (χ2v) is 5.54. The molecule has 2 rings (SSSR count). The van der Waals surface area contributed by atoms with Gasteiger partial charge in [-0.3, -0.25) is 0 Å². The molecule has 0 heterocycles. The molecule has 0 amide bonds. The van der Waals surface area contributed by atoms with Crippen LogP contribution in [-0.2, 0) is 4.74 Å². The largest absolute Gasteiger partial charge is 0.376 e. The minimum Gasteiger partial charge on any atom is -0.376 e. The van der Waals surface area contributed by atoms with Crippen LogP contribution in [0.25, 0.3) is 0 Å². The van der Waals surface area contributed by atoms with Crippen molar-refractivity contribution in [3.63, 3.8) is 0 Å². The molecule has 0 aromatic heterocycles. The molecule has 0 spiro atoms. The van der Waals surface area contributed by atoms with Crippen molar-refractivity contribution in [2.24, 2.45) is 0 Å². The van der Waals surface area contributed by atoms with Gasteiger partial charge < -0.3 is 10.1 Å². The molecule has 0 saturated heterocycles. The van der Waals surface area contributed by atoms with Crippen molar-refractivity contribution in [1.29, 1.82) is 0 Å². The third-order valence-electron chi connectivity index (χ3n) is 3.83. The molecule has 1 N–H and O–H groups in total. The van der Waals surface area contributed by atoms with E-state index in [0.29, 0.717) is 10.0 Å². The number of hydrogen-bond donors (Lipinski definition) is 1. The molecule has 1 fully saturated rings. The first-order chi connectivity index (χ1) is 8.64. The van der Waals surface area contributed by atoms with E-state index in [1.807, 2.05) is 18.2 Å². The highest BCUT2D eigenvalue weighted by Crippen LogP contribution is 2.47. The first-order valence-electron chi connectivity index (χ1n) is 6.37. The van der Waals surface area contributed by atoms with Crippen LogP contribution in [0, 0.1) is 0 Å². The van der Waals surface area contributed by atoms with E-state index in [2.05, 4.69) is 12.2 Å². The van der Waals surface area contributed by atoms with Gasteiger partial charge in [0.1, 0.15) is 0 Å². The summed E-state index contributed by atoms with van der Waals surface area (Å²) in [7, 11) is 1.78. The van der Waals surface area contributed by atoms with Crippen LogP contribution in [0.4, 0.5) is 0 Å².